The first-order valence-corrected chi connectivity index (χ1v) is 7.12. The van der Waals surface area contributed by atoms with Crippen LogP contribution in [0.3, 0.4) is 0 Å². The third kappa shape index (κ3) is 3.93. The molecule has 1 aliphatic heterocycles. The number of carboxylic acid groups (broad SMARTS) is 1. The third-order valence-corrected chi connectivity index (χ3v) is 3.78. The molecular weight excluding hydrogens is 344 g/mol. The summed E-state index contributed by atoms with van der Waals surface area (Å²) in [5.41, 5.74) is 0.468. The molecule has 1 unspecified atom stereocenters. The topological polar surface area (TPSA) is 99.1 Å². The summed E-state index contributed by atoms with van der Waals surface area (Å²) < 4.78 is 5.86. The normalized spacial score (nSPS) is 18.4. The van der Waals surface area contributed by atoms with Crippen molar-refractivity contribution < 1.29 is 24.5 Å². The molecule has 21 heavy (non-hydrogen) atoms. The number of aliphatic hydroxyl groups is 1. The van der Waals surface area contributed by atoms with Gasteiger partial charge in [0.15, 0.2) is 0 Å². The fourth-order valence-electron chi connectivity index (χ4n) is 1.96. The van der Waals surface area contributed by atoms with E-state index in [4.69, 9.17) is 14.9 Å². The van der Waals surface area contributed by atoms with Crippen molar-refractivity contribution in [2.45, 2.75) is 6.10 Å². The first-order valence-electron chi connectivity index (χ1n) is 6.32. The molecule has 0 aliphatic carbocycles. The van der Waals surface area contributed by atoms with Gasteiger partial charge in [0.2, 0.25) is 0 Å². The summed E-state index contributed by atoms with van der Waals surface area (Å²) in [6.07, 6.45) is -0.390. The number of amides is 2. The monoisotopic (exact) mass is 358 g/mol. The number of urea groups is 1. The number of morpholine rings is 1. The minimum Gasteiger partial charge on any atom is -0.478 e. The zero-order valence-corrected chi connectivity index (χ0v) is 12.7. The lowest BCUT2D eigenvalue weighted by atomic mass is 10.2. The minimum absolute atomic E-state index is 0.0868. The highest BCUT2D eigenvalue weighted by Gasteiger charge is 2.24. The highest BCUT2D eigenvalue weighted by atomic mass is 79.9. The van der Waals surface area contributed by atoms with Crippen LogP contribution in [-0.2, 0) is 4.74 Å². The Labute approximate surface area is 129 Å². The highest BCUT2D eigenvalue weighted by molar-refractivity contribution is 9.10. The SMILES string of the molecule is O=C(O)c1ccc(Br)c(NC(=O)N2CCOC(CO)C2)c1. The lowest BCUT2D eigenvalue weighted by Crippen LogP contribution is -2.48. The molecule has 3 N–H and O–H groups in total. The number of halogens is 1. The van der Waals surface area contributed by atoms with Gasteiger partial charge >= 0.3 is 12.0 Å². The van der Waals surface area contributed by atoms with Crippen molar-refractivity contribution >= 4 is 33.6 Å². The van der Waals surface area contributed by atoms with Crippen LogP contribution in [0.2, 0.25) is 0 Å². The van der Waals surface area contributed by atoms with Crippen LogP contribution in [0, 0.1) is 0 Å². The van der Waals surface area contributed by atoms with Gasteiger partial charge in [0.25, 0.3) is 0 Å². The number of nitrogens with zero attached hydrogens (tertiary/aromatic N) is 1. The molecule has 1 aliphatic rings. The van der Waals surface area contributed by atoms with Crippen LogP contribution in [0.25, 0.3) is 0 Å². The van der Waals surface area contributed by atoms with Gasteiger partial charge in [0, 0.05) is 11.0 Å². The second-order valence-corrected chi connectivity index (χ2v) is 5.41. The van der Waals surface area contributed by atoms with Gasteiger partial charge in [-0.1, -0.05) is 0 Å². The van der Waals surface area contributed by atoms with Crippen LogP contribution in [-0.4, -0.2) is 59.5 Å². The molecule has 0 aromatic heterocycles. The van der Waals surface area contributed by atoms with E-state index in [0.717, 1.165) is 0 Å². The molecule has 1 saturated heterocycles. The van der Waals surface area contributed by atoms with E-state index < -0.39 is 12.1 Å². The molecule has 8 heteroatoms. The van der Waals surface area contributed by atoms with Crippen LogP contribution in [0.15, 0.2) is 22.7 Å². The lowest BCUT2D eigenvalue weighted by molar-refractivity contribution is -0.0388. The first kappa shape index (κ1) is 15.7. The molecule has 1 fully saturated rings. The largest absolute Gasteiger partial charge is 0.478 e. The van der Waals surface area contributed by atoms with E-state index in [1.54, 1.807) is 6.07 Å². The van der Waals surface area contributed by atoms with Gasteiger partial charge in [0.1, 0.15) is 0 Å². The van der Waals surface area contributed by atoms with Crippen molar-refractivity contribution in [2.75, 3.05) is 31.6 Å². The van der Waals surface area contributed by atoms with Crippen molar-refractivity contribution in [3.05, 3.63) is 28.2 Å². The maximum absolute atomic E-state index is 12.2. The van der Waals surface area contributed by atoms with Gasteiger partial charge in [-0.3, -0.25) is 0 Å². The molecular formula is C13H15BrN2O5. The molecule has 7 nitrogen and oxygen atoms in total. The van der Waals surface area contributed by atoms with Crippen molar-refractivity contribution in [3.63, 3.8) is 0 Å². The molecule has 1 aromatic carbocycles. The van der Waals surface area contributed by atoms with Crippen LogP contribution >= 0.6 is 15.9 Å². The number of aliphatic hydroxyl groups excluding tert-OH is 1. The smallest absolute Gasteiger partial charge is 0.335 e. The summed E-state index contributed by atoms with van der Waals surface area (Å²) in [6, 6.07) is 4.03. The fraction of sp³-hybridized carbons (Fsp3) is 0.385. The third-order valence-electron chi connectivity index (χ3n) is 3.08. The second-order valence-electron chi connectivity index (χ2n) is 4.55. The minimum atomic E-state index is -1.07. The summed E-state index contributed by atoms with van der Waals surface area (Å²) in [5.74, 6) is -1.07. The van der Waals surface area contributed by atoms with Crippen LogP contribution in [0.4, 0.5) is 10.5 Å². The van der Waals surface area contributed by atoms with Crippen LogP contribution < -0.4 is 5.32 Å². The Morgan fingerprint density at radius 3 is 2.90 bits per heavy atom. The number of carbonyl (C=O) groups excluding carboxylic acids is 1. The van der Waals surface area contributed by atoms with Gasteiger partial charge in [-0.2, -0.15) is 0 Å². The lowest BCUT2D eigenvalue weighted by Gasteiger charge is -2.32. The second kappa shape index (κ2) is 6.88. The predicted molar refractivity (Wildman–Crippen MR) is 78.5 cm³/mol. The zero-order valence-electron chi connectivity index (χ0n) is 11.1. The summed E-state index contributed by atoms with van der Waals surface area (Å²) >= 11 is 3.27. The quantitative estimate of drug-likeness (QED) is 0.757. The summed E-state index contributed by atoms with van der Waals surface area (Å²) in [6.45, 7) is 0.911. The van der Waals surface area contributed by atoms with Crippen molar-refractivity contribution in [1.29, 1.82) is 0 Å². The number of carbonyl (C=O) groups is 2. The Balaban J connectivity index is 2.08. The van der Waals surface area contributed by atoms with Crippen molar-refractivity contribution in [2.24, 2.45) is 0 Å². The van der Waals surface area contributed by atoms with Gasteiger partial charge in [-0.25, -0.2) is 9.59 Å². The Bertz CT molecular complexity index is 551. The maximum Gasteiger partial charge on any atom is 0.335 e. The van der Waals surface area contributed by atoms with Gasteiger partial charge < -0.3 is 25.2 Å². The van der Waals surface area contributed by atoms with E-state index >= 15 is 0 Å². The molecule has 1 heterocycles. The van der Waals surface area contributed by atoms with E-state index in [9.17, 15) is 9.59 Å². The van der Waals surface area contributed by atoms with Gasteiger partial charge in [0.05, 0.1) is 37.1 Å². The average Bonchev–Trinajstić information content (AvgIpc) is 2.49. The first-order chi connectivity index (χ1) is 10.0. The molecule has 0 radical (unpaired) electrons. The Morgan fingerprint density at radius 1 is 1.48 bits per heavy atom. The molecule has 0 bridgehead atoms. The van der Waals surface area contributed by atoms with Crippen molar-refractivity contribution in [1.82, 2.24) is 4.90 Å². The van der Waals surface area contributed by atoms with Crippen molar-refractivity contribution in [3.8, 4) is 0 Å². The van der Waals surface area contributed by atoms with E-state index in [1.165, 1.54) is 17.0 Å². The zero-order chi connectivity index (χ0) is 15.4. The molecule has 1 atom stereocenters. The van der Waals surface area contributed by atoms with E-state index in [1.807, 2.05) is 0 Å². The van der Waals surface area contributed by atoms with Crippen LogP contribution in [0.1, 0.15) is 10.4 Å². The molecule has 114 valence electrons. The molecule has 2 amide bonds. The Kier molecular flexibility index (Phi) is 5.16. The predicted octanol–water partition coefficient (Wildman–Crippen LogP) is 1.37. The van der Waals surface area contributed by atoms with E-state index in [-0.39, 0.29) is 18.2 Å². The Morgan fingerprint density at radius 2 is 2.24 bits per heavy atom. The standard InChI is InChI=1S/C13H15BrN2O5/c14-10-2-1-8(12(18)19)5-11(10)15-13(20)16-3-4-21-9(6-16)7-17/h1-2,5,9,17H,3-4,6-7H2,(H,15,20)(H,18,19). The number of benzene rings is 1. The number of nitrogens with one attached hydrogen (secondary N) is 1. The fourth-order valence-corrected chi connectivity index (χ4v) is 2.31. The number of hydrogen-bond donors (Lipinski definition) is 3. The summed E-state index contributed by atoms with van der Waals surface area (Å²) in [7, 11) is 0. The molecule has 1 aromatic rings. The van der Waals surface area contributed by atoms with Gasteiger partial charge in [-0.05, 0) is 34.1 Å². The highest BCUT2D eigenvalue weighted by Crippen LogP contribution is 2.24. The molecule has 2 rings (SSSR count). The number of hydrogen-bond acceptors (Lipinski definition) is 4. The number of aromatic carboxylic acids is 1. The number of carboxylic acids is 1. The summed E-state index contributed by atoms with van der Waals surface area (Å²) in [4.78, 5) is 24.6. The molecule has 0 saturated carbocycles. The summed E-state index contributed by atoms with van der Waals surface area (Å²) in [5, 5.41) is 20.7. The maximum atomic E-state index is 12.2. The van der Waals surface area contributed by atoms with E-state index in [0.29, 0.717) is 29.9 Å². The number of ether oxygens (including phenoxy) is 1. The molecule has 0 spiro atoms. The van der Waals surface area contributed by atoms with Gasteiger partial charge in [-0.15, -0.1) is 0 Å². The Hall–Kier alpha value is -1.64. The average molecular weight is 359 g/mol. The van der Waals surface area contributed by atoms with Crippen LogP contribution in [0.5, 0.6) is 0 Å². The number of rotatable bonds is 3. The van der Waals surface area contributed by atoms with E-state index in [2.05, 4.69) is 21.2 Å². The number of anilines is 1.